The molecule has 6 heteroatoms. The minimum atomic E-state index is 0.566. The van der Waals surface area contributed by atoms with Crippen LogP contribution in [0.5, 0.6) is 0 Å². The molecule has 0 bridgehead atoms. The molecule has 1 N–H and O–H groups in total. The molecule has 1 unspecified atom stereocenters. The molecule has 0 aliphatic carbocycles. The molecule has 6 nitrogen and oxygen atoms in total. The Hall–Kier alpha value is -1.01. The number of hydrogen-bond acceptors (Lipinski definition) is 5. The Morgan fingerprint density at radius 1 is 1.35 bits per heavy atom. The first kappa shape index (κ1) is 14.1. The number of aromatic nitrogens is 4. The van der Waals surface area contributed by atoms with Gasteiger partial charge in [-0.25, -0.2) is 4.68 Å². The van der Waals surface area contributed by atoms with Crippen LogP contribution in [0.3, 0.4) is 0 Å². The molecule has 0 aliphatic rings. The molecule has 0 fully saturated rings. The smallest absolute Gasteiger partial charge is 0.165 e. The molecule has 0 saturated heterocycles. The molecule has 1 atom stereocenters. The molecule has 0 saturated carbocycles. The van der Waals surface area contributed by atoms with Gasteiger partial charge in [-0.15, -0.1) is 5.10 Å². The molecule has 0 aliphatic heterocycles. The van der Waals surface area contributed by atoms with Crippen molar-refractivity contribution in [2.24, 2.45) is 11.8 Å². The van der Waals surface area contributed by atoms with E-state index >= 15 is 0 Å². The van der Waals surface area contributed by atoms with Gasteiger partial charge in [-0.05, 0) is 22.3 Å². The van der Waals surface area contributed by atoms with Gasteiger partial charge in [-0.1, -0.05) is 20.8 Å². The van der Waals surface area contributed by atoms with Crippen molar-refractivity contribution in [1.29, 1.82) is 0 Å². The van der Waals surface area contributed by atoms with Gasteiger partial charge in [-0.3, -0.25) is 0 Å². The second-order valence-corrected chi connectivity index (χ2v) is 4.67. The number of methoxy groups -OCH3 is 1. The van der Waals surface area contributed by atoms with Crippen molar-refractivity contribution in [3.05, 3.63) is 5.82 Å². The lowest BCUT2D eigenvalue weighted by atomic mass is 9.98. The van der Waals surface area contributed by atoms with E-state index in [4.69, 9.17) is 4.74 Å². The molecular weight excluding hydrogens is 218 g/mol. The molecule has 17 heavy (non-hydrogen) atoms. The molecule has 1 heterocycles. The van der Waals surface area contributed by atoms with E-state index in [9.17, 15) is 0 Å². The molecule has 1 aromatic rings. The van der Waals surface area contributed by atoms with Crippen LogP contribution in [0.2, 0.25) is 0 Å². The predicted octanol–water partition coefficient (Wildman–Crippen LogP) is 0.701. The summed E-state index contributed by atoms with van der Waals surface area (Å²) < 4.78 is 6.85. The van der Waals surface area contributed by atoms with E-state index in [0.717, 1.165) is 18.9 Å². The van der Waals surface area contributed by atoms with Crippen molar-refractivity contribution in [3.63, 3.8) is 0 Å². The van der Waals surface area contributed by atoms with Crippen LogP contribution in [0.4, 0.5) is 0 Å². The average Bonchev–Trinajstić information content (AvgIpc) is 2.72. The van der Waals surface area contributed by atoms with Gasteiger partial charge in [0, 0.05) is 20.2 Å². The number of ether oxygens (including phenoxy) is 1. The number of nitrogens with zero attached hydrogens (tertiary/aromatic N) is 4. The number of hydrogen-bond donors (Lipinski definition) is 1. The van der Waals surface area contributed by atoms with Crippen LogP contribution < -0.4 is 5.32 Å². The van der Waals surface area contributed by atoms with Crippen molar-refractivity contribution < 1.29 is 4.74 Å². The zero-order valence-corrected chi connectivity index (χ0v) is 11.2. The second kappa shape index (κ2) is 7.34. The average molecular weight is 241 g/mol. The van der Waals surface area contributed by atoms with E-state index < -0.39 is 0 Å². The monoisotopic (exact) mass is 241 g/mol. The lowest BCUT2D eigenvalue weighted by molar-refractivity contribution is 0.198. The maximum Gasteiger partial charge on any atom is 0.165 e. The Balaban J connectivity index is 2.42. The minimum Gasteiger partial charge on any atom is -0.383 e. The highest BCUT2D eigenvalue weighted by Gasteiger charge is 2.12. The SMILES string of the molecule is COCCNCc1nnnn1CC(C)C(C)C. The van der Waals surface area contributed by atoms with Crippen LogP contribution in [-0.2, 0) is 17.8 Å². The number of rotatable bonds is 8. The summed E-state index contributed by atoms with van der Waals surface area (Å²) in [5.74, 6) is 2.08. The maximum absolute atomic E-state index is 4.97. The fourth-order valence-corrected chi connectivity index (χ4v) is 1.35. The van der Waals surface area contributed by atoms with Gasteiger partial charge in [0.15, 0.2) is 5.82 Å². The van der Waals surface area contributed by atoms with Gasteiger partial charge in [0.05, 0.1) is 13.2 Å². The largest absolute Gasteiger partial charge is 0.383 e. The van der Waals surface area contributed by atoms with E-state index in [-0.39, 0.29) is 0 Å². The zero-order chi connectivity index (χ0) is 12.7. The van der Waals surface area contributed by atoms with E-state index in [1.807, 2.05) is 4.68 Å². The fraction of sp³-hybridized carbons (Fsp3) is 0.909. The van der Waals surface area contributed by atoms with E-state index in [2.05, 4.69) is 41.6 Å². The Kier molecular flexibility index (Phi) is 6.07. The normalized spacial score (nSPS) is 13.2. The van der Waals surface area contributed by atoms with Gasteiger partial charge >= 0.3 is 0 Å². The summed E-state index contributed by atoms with van der Waals surface area (Å²) in [6, 6.07) is 0. The third kappa shape index (κ3) is 4.79. The summed E-state index contributed by atoms with van der Waals surface area (Å²) in [7, 11) is 1.69. The first-order valence-corrected chi connectivity index (χ1v) is 6.09. The van der Waals surface area contributed by atoms with Crippen molar-refractivity contribution in [1.82, 2.24) is 25.5 Å². The van der Waals surface area contributed by atoms with Gasteiger partial charge < -0.3 is 10.1 Å². The van der Waals surface area contributed by atoms with Crippen LogP contribution in [0.25, 0.3) is 0 Å². The van der Waals surface area contributed by atoms with Crippen LogP contribution in [0.15, 0.2) is 0 Å². The first-order valence-electron chi connectivity index (χ1n) is 6.09. The van der Waals surface area contributed by atoms with Crippen LogP contribution in [0.1, 0.15) is 26.6 Å². The number of nitrogens with one attached hydrogen (secondary N) is 1. The van der Waals surface area contributed by atoms with Crippen LogP contribution >= 0.6 is 0 Å². The quantitative estimate of drug-likeness (QED) is 0.679. The molecule has 98 valence electrons. The summed E-state index contributed by atoms with van der Waals surface area (Å²) in [5.41, 5.74) is 0. The highest BCUT2D eigenvalue weighted by molar-refractivity contribution is 4.80. The Bertz CT molecular complexity index is 313. The van der Waals surface area contributed by atoms with E-state index in [1.165, 1.54) is 0 Å². The highest BCUT2D eigenvalue weighted by Crippen LogP contribution is 2.12. The van der Waals surface area contributed by atoms with Crippen molar-refractivity contribution in [2.45, 2.75) is 33.9 Å². The number of tetrazole rings is 1. The Morgan fingerprint density at radius 2 is 2.12 bits per heavy atom. The van der Waals surface area contributed by atoms with Gasteiger partial charge in [0.25, 0.3) is 0 Å². The van der Waals surface area contributed by atoms with E-state index in [0.29, 0.717) is 25.0 Å². The van der Waals surface area contributed by atoms with E-state index in [1.54, 1.807) is 7.11 Å². The maximum atomic E-state index is 4.97. The first-order chi connectivity index (χ1) is 8.15. The summed E-state index contributed by atoms with van der Waals surface area (Å²) in [5, 5.41) is 15.0. The summed E-state index contributed by atoms with van der Waals surface area (Å²) in [6.45, 7) is 9.70. The Morgan fingerprint density at radius 3 is 2.76 bits per heavy atom. The molecule has 0 radical (unpaired) electrons. The van der Waals surface area contributed by atoms with Gasteiger partial charge in [-0.2, -0.15) is 0 Å². The highest BCUT2D eigenvalue weighted by atomic mass is 16.5. The topological polar surface area (TPSA) is 64.9 Å². The van der Waals surface area contributed by atoms with Crippen LogP contribution in [0, 0.1) is 11.8 Å². The predicted molar refractivity (Wildman–Crippen MR) is 65.4 cm³/mol. The molecule has 0 spiro atoms. The fourth-order valence-electron chi connectivity index (χ4n) is 1.35. The summed E-state index contributed by atoms with van der Waals surface area (Å²) in [4.78, 5) is 0. The van der Waals surface area contributed by atoms with Gasteiger partial charge in [0.2, 0.25) is 0 Å². The van der Waals surface area contributed by atoms with Crippen LogP contribution in [-0.4, -0.2) is 40.5 Å². The standard InChI is InChI=1S/C11H23N5O/c1-9(2)10(3)8-16-11(13-14-15-16)7-12-5-6-17-4/h9-10,12H,5-8H2,1-4H3. The van der Waals surface area contributed by atoms with Crippen molar-refractivity contribution in [3.8, 4) is 0 Å². The van der Waals surface area contributed by atoms with Gasteiger partial charge in [0.1, 0.15) is 0 Å². The molecule has 0 amide bonds. The van der Waals surface area contributed by atoms with Crippen molar-refractivity contribution >= 4 is 0 Å². The Labute approximate surface area is 103 Å². The molecule has 1 rings (SSSR count). The molecular formula is C11H23N5O. The molecule has 0 aromatic carbocycles. The summed E-state index contributed by atoms with van der Waals surface area (Å²) >= 11 is 0. The minimum absolute atomic E-state index is 0.566. The van der Waals surface area contributed by atoms with Crippen molar-refractivity contribution in [2.75, 3.05) is 20.3 Å². The zero-order valence-electron chi connectivity index (χ0n) is 11.2. The third-order valence-corrected chi connectivity index (χ3v) is 2.97. The lowest BCUT2D eigenvalue weighted by Gasteiger charge is -2.15. The second-order valence-electron chi connectivity index (χ2n) is 4.67. The third-order valence-electron chi connectivity index (χ3n) is 2.97. The summed E-state index contributed by atoms with van der Waals surface area (Å²) in [6.07, 6.45) is 0. The lowest BCUT2D eigenvalue weighted by Crippen LogP contribution is -2.23. The molecule has 1 aromatic heterocycles.